The first kappa shape index (κ1) is 15.0. The van der Waals surface area contributed by atoms with E-state index in [0.717, 1.165) is 19.4 Å². The van der Waals surface area contributed by atoms with Crippen LogP contribution in [0.3, 0.4) is 0 Å². The zero-order chi connectivity index (χ0) is 14.7. The topological polar surface area (TPSA) is 49.4 Å². The molecule has 5 heteroatoms. The lowest BCUT2D eigenvalue weighted by atomic mass is 10.0. The maximum atomic E-state index is 12.5. The summed E-state index contributed by atoms with van der Waals surface area (Å²) in [5, 5.41) is 3.28. The van der Waals surface area contributed by atoms with Gasteiger partial charge in [-0.15, -0.1) is 0 Å². The largest absolute Gasteiger partial charge is 0.358 e. The molecule has 1 aliphatic rings. The molecule has 2 rings (SSSR count). The van der Waals surface area contributed by atoms with E-state index < -0.39 is 0 Å². The summed E-state index contributed by atoms with van der Waals surface area (Å²) in [5.74, 6) is 0.00993. The molecule has 0 radical (unpaired) electrons. The van der Waals surface area contributed by atoms with Gasteiger partial charge in [-0.2, -0.15) is 0 Å². The van der Waals surface area contributed by atoms with Gasteiger partial charge < -0.3 is 5.32 Å². The molecular formula is C15H19ClN2O2. The number of hydrogen-bond donors (Lipinski definition) is 1. The molecular weight excluding hydrogens is 276 g/mol. The van der Waals surface area contributed by atoms with Crippen molar-refractivity contribution in [3.8, 4) is 0 Å². The Balaban J connectivity index is 2.13. The van der Waals surface area contributed by atoms with Gasteiger partial charge >= 0.3 is 0 Å². The molecule has 0 spiro atoms. The number of halogens is 1. The van der Waals surface area contributed by atoms with Crippen LogP contribution in [0.5, 0.6) is 0 Å². The molecule has 1 amide bonds. The highest BCUT2D eigenvalue weighted by Crippen LogP contribution is 2.22. The lowest BCUT2D eigenvalue weighted by Crippen LogP contribution is -2.48. The Kier molecular flexibility index (Phi) is 4.78. The molecule has 1 aliphatic heterocycles. The molecule has 1 fully saturated rings. The normalized spacial score (nSPS) is 20.6. The number of benzene rings is 1. The molecule has 0 bridgehead atoms. The molecule has 20 heavy (non-hydrogen) atoms. The number of ketones is 1. The Bertz CT molecular complexity index is 501. The maximum Gasteiger partial charge on any atom is 0.237 e. The predicted molar refractivity (Wildman–Crippen MR) is 79.0 cm³/mol. The highest BCUT2D eigenvalue weighted by atomic mass is 35.5. The van der Waals surface area contributed by atoms with Crippen LogP contribution in [0.2, 0.25) is 5.02 Å². The van der Waals surface area contributed by atoms with Crippen LogP contribution in [-0.2, 0) is 4.79 Å². The third-order valence-corrected chi connectivity index (χ3v) is 4.10. The zero-order valence-corrected chi connectivity index (χ0v) is 12.5. The number of carbonyl (C=O) groups excluding carboxylic acids is 2. The van der Waals surface area contributed by atoms with Gasteiger partial charge in [-0.25, -0.2) is 0 Å². The molecule has 1 N–H and O–H groups in total. The first-order chi connectivity index (χ1) is 9.54. The van der Waals surface area contributed by atoms with Crippen molar-refractivity contribution in [2.45, 2.75) is 31.8 Å². The average molecular weight is 295 g/mol. The average Bonchev–Trinajstić information content (AvgIpc) is 2.95. The maximum absolute atomic E-state index is 12.5. The summed E-state index contributed by atoms with van der Waals surface area (Å²) in [5.41, 5.74) is 0.629. The van der Waals surface area contributed by atoms with Crippen molar-refractivity contribution in [2.24, 2.45) is 0 Å². The van der Waals surface area contributed by atoms with Gasteiger partial charge in [-0.3, -0.25) is 14.5 Å². The van der Waals surface area contributed by atoms with E-state index in [-0.39, 0.29) is 23.8 Å². The van der Waals surface area contributed by atoms with Gasteiger partial charge in [0.15, 0.2) is 5.78 Å². The quantitative estimate of drug-likeness (QED) is 0.866. The minimum atomic E-state index is -0.305. The van der Waals surface area contributed by atoms with Crippen LogP contribution in [0.15, 0.2) is 24.3 Å². The van der Waals surface area contributed by atoms with Crippen LogP contribution in [0.4, 0.5) is 0 Å². The van der Waals surface area contributed by atoms with Gasteiger partial charge in [-0.1, -0.05) is 11.6 Å². The van der Waals surface area contributed by atoms with E-state index in [9.17, 15) is 9.59 Å². The van der Waals surface area contributed by atoms with E-state index in [2.05, 4.69) is 5.32 Å². The summed E-state index contributed by atoms with van der Waals surface area (Å²) in [6, 6.07) is 6.37. The lowest BCUT2D eigenvalue weighted by Gasteiger charge is -2.28. The summed E-state index contributed by atoms with van der Waals surface area (Å²) in [6.07, 6.45) is 1.74. The van der Waals surface area contributed by atoms with Gasteiger partial charge in [0.05, 0.1) is 12.1 Å². The molecule has 4 nitrogen and oxygen atoms in total. The fraction of sp³-hybridized carbons (Fsp3) is 0.467. The molecule has 0 aromatic heterocycles. The number of nitrogens with zero attached hydrogens (tertiary/aromatic N) is 1. The van der Waals surface area contributed by atoms with E-state index in [1.54, 1.807) is 31.3 Å². The van der Waals surface area contributed by atoms with Gasteiger partial charge in [0.25, 0.3) is 0 Å². The van der Waals surface area contributed by atoms with Crippen LogP contribution in [0.25, 0.3) is 0 Å². The minimum Gasteiger partial charge on any atom is -0.358 e. The SMILES string of the molecule is CNC(=O)C1CCCN1C(C)C(=O)c1ccc(Cl)cc1. The predicted octanol–water partition coefficient (Wildman–Crippen LogP) is 2.12. The Morgan fingerprint density at radius 3 is 2.60 bits per heavy atom. The van der Waals surface area contributed by atoms with Crippen molar-refractivity contribution in [3.63, 3.8) is 0 Å². The highest BCUT2D eigenvalue weighted by molar-refractivity contribution is 6.30. The van der Waals surface area contributed by atoms with E-state index in [0.29, 0.717) is 10.6 Å². The van der Waals surface area contributed by atoms with Gasteiger partial charge in [-0.05, 0) is 50.6 Å². The Morgan fingerprint density at radius 1 is 1.35 bits per heavy atom. The van der Waals surface area contributed by atoms with Gasteiger partial charge in [0.2, 0.25) is 5.91 Å². The van der Waals surface area contributed by atoms with Crippen molar-refractivity contribution in [2.75, 3.05) is 13.6 Å². The monoisotopic (exact) mass is 294 g/mol. The lowest BCUT2D eigenvalue weighted by molar-refractivity contribution is -0.125. The van der Waals surface area contributed by atoms with Gasteiger partial charge in [0.1, 0.15) is 0 Å². The van der Waals surface area contributed by atoms with Gasteiger partial charge in [0, 0.05) is 17.6 Å². The molecule has 0 saturated carbocycles. The van der Waals surface area contributed by atoms with Crippen molar-refractivity contribution >= 4 is 23.3 Å². The second-order valence-corrected chi connectivity index (χ2v) is 5.49. The number of hydrogen-bond acceptors (Lipinski definition) is 3. The molecule has 1 aromatic rings. The first-order valence-corrected chi connectivity index (χ1v) is 7.19. The molecule has 0 aliphatic carbocycles. The van der Waals surface area contributed by atoms with Crippen LogP contribution >= 0.6 is 11.6 Å². The van der Waals surface area contributed by atoms with Crippen LogP contribution < -0.4 is 5.32 Å². The standard InChI is InChI=1S/C15H19ClN2O2/c1-10(14(19)11-5-7-12(16)8-6-11)18-9-3-4-13(18)15(20)17-2/h5-8,10,13H,3-4,9H2,1-2H3,(H,17,20). The molecule has 108 valence electrons. The number of likely N-dealkylation sites (N-methyl/N-ethyl adjacent to an activating group) is 1. The number of nitrogens with one attached hydrogen (secondary N) is 1. The summed E-state index contributed by atoms with van der Waals surface area (Å²) in [4.78, 5) is 26.3. The van der Waals surface area contributed by atoms with E-state index >= 15 is 0 Å². The number of rotatable bonds is 4. The second kappa shape index (κ2) is 6.37. The summed E-state index contributed by atoms with van der Waals surface area (Å²) in [6.45, 7) is 2.64. The summed E-state index contributed by atoms with van der Waals surface area (Å²) >= 11 is 5.83. The van der Waals surface area contributed by atoms with E-state index in [1.165, 1.54) is 0 Å². The van der Waals surface area contributed by atoms with Crippen molar-refractivity contribution in [1.29, 1.82) is 0 Å². The third kappa shape index (κ3) is 3.02. The number of carbonyl (C=O) groups is 2. The first-order valence-electron chi connectivity index (χ1n) is 6.81. The third-order valence-electron chi connectivity index (χ3n) is 3.85. The van der Waals surface area contributed by atoms with Crippen molar-refractivity contribution < 1.29 is 9.59 Å². The van der Waals surface area contributed by atoms with Crippen molar-refractivity contribution in [1.82, 2.24) is 10.2 Å². The molecule has 1 heterocycles. The Hall–Kier alpha value is -1.39. The number of Topliss-reactive ketones (excluding diaryl/α,β-unsaturated/α-hetero) is 1. The van der Waals surface area contributed by atoms with Crippen LogP contribution in [0.1, 0.15) is 30.1 Å². The highest BCUT2D eigenvalue weighted by Gasteiger charge is 2.35. The van der Waals surface area contributed by atoms with E-state index in [1.807, 2.05) is 11.8 Å². The fourth-order valence-electron chi connectivity index (χ4n) is 2.71. The Morgan fingerprint density at radius 2 is 2.00 bits per heavy atom. The minimum absolute atomic E-state index is 0.0155. The van der Waals surface area contributed by atoms with Crippen LogP contribution in [0, 0.1) is 0 Å². The molecule has 2 atom stereocenters. The summed E-state index contributed by atoms with van der Waals surface area (Å²) < 4.78 is 0. The second-order valence-electron chi connectivity index (χ2n) is 5.06. The Labute approximate surface area is 124 Å². The summed E-state index contributed by atoms with van der Waals surface area (Å²) in [7, 11) is 1.63. The number of amides is 1. The van der Waals surface area contributed by atoms with Crippen molar-refractivity contribution in [3.05, 3.63) is 34.9 Å². The van der Waals surface area contributed by atoms with E-state index in [4.69, 9.17) is 11.6 Å². The fourth-order valence-corrected chi connectivity index (χ4v) is 2.83. The smallest absolute Gasteiger partial charge is 0.237 e. The molecule has 1 saturated heterocycles. The molecule has 1 aromatic carbocycles. The zero-order valence-electron chi connectivity index (χ0n) is 11.7. The molecule has 2 unspecified atom stereocenters. The number of likely N-dealkylation sites (tertiary alicyclic amines) is 1. The van der Waals surface area contributed by atoms with Crippen LogP contribution in [-0.4, -0.2) is 42.3 Å².